The van der Waals surface area contributed by atoms with Gasteiger partial charge in [0.25, 0.3) is 15.9 Å². The third kappa shape index (κ3) is 4.65. The predicted octanol–water partition coefficient (Wildman–Crippen LogP) is 5.35. The van der Waals surface area contributed by atoms with E-state index >= 15 is 0 Å². The molecule has 28 heavy (non-hydrogen) atoms. The van der Waals surface area contributed by atoms with Crippen molar-refractivity contribution in [2.45, 2.75) is 11.8 Å². The van der Waals surface area contributed by atoms with Gasteiger partial charge < -0.3 is 5.32 Å². The molecule has 0 aliphatic carbocycles. The molecule has 0 aliphatic heterocycles. The minimum Gasteiger partial charge on any atom is -0.322 e. The van der Waals surface area contributed by atoms with Gasteiger partial charge in [-0.05, 0) is 55.0 Å². The summed E-state index contributed by atoms with van der Waals surface area (Å²) in [6.07, 6.45) is 0. The molecule has 0 spiro atoms. The van der Waals surface area contributed by atoms with Crippen LogP contribution in [0.3, 0.4) is 0 Å². The number of benzene rings is 3. The number of nitrogens with one attached hydrogen (secondary N) is 2. The van der Waals surface area contributed by atoms with Gasteiger partial charge in [-0.3, -0.25) is 9.52 Å². The summed E-state index contributed by atoms with van der Waals surface area (Å²) in [5.41, 5.74) is 1.77. The van der Waals surface area contributed by atoms with Gasteiger partial charge in [0, 0.05) is 10.7 Å². The summed E-state index contributed by atoms with van der Waals surface area (Å²) in [5, 5.41) is 3.27. The van der Waals surface area contributed by atoms with Gasteiger partial charge in [0.1, 0.15) is 0 Å². The highest BCUT2D eigenvalue weighted by Gasteiger charge is 2.19. The van der Waals surface area contributed by atoms with Crippen molar-refractivity contribution in [2.24, 2.45) is 0 Å². The van der Waals surface area contributed by atoms with E-state index in [2.05, 4.69) is 10.0 Å². The Balaban J connectivity index is 1.88. The molecule has 0 bridgehead atoms. The number of para-hydroxylation sites is 1. The number of carbonyl (C=O) groups is 1. The molecular formula is C20H16Cl2N2O3S. The lowest BCUT2D eigenvalue weighted by Crippen LogP contribution is -2.16. The topological polar surface area (TPSA) is 75.3 Å². The molecule has 8 heteroatoms. The van der Waals surface area contributed by atoms with Gasteiger partial charge in [-0.25, -0.2) is 8.42 Å². The first-order chi connectivity index (χ1) is 13.3. The van der Waals surface area contributed by atoms with Crippen molar-refractivity contribution < 1.29 is 13.2 Å². The Hall–Kier alpha value is -2.54. The molecule has 0 saturated heterocycles. The van der Waals surface area contributed by atoms with E-state index in [4.69, 9.17) is 23.2 Å². The van der Waals surface area contributed by atoms with Crippen LogP contribution in [-0.2, 0) is 10.0 Å². The summed E-state index contributed by atoms with van der Waals surface area (Å²) >= 11 is 12.2. The molecule has 0 aliphatic rings. The monoisotopic (exact) mass is 434 g/mol. The molecule has 0 fully saturated rings. The molecule has 3 aromatic rings. The maximum absolute atomic E-state index is 12.7. The fraction of sp³-hybridized carbons (Fsp3) is 0.0500. The Bertz CT molecular complexity index is 1130. The molecule has 0 aromatic heterocycles. The van der Waals surface area contributed by atoms with Crippen LogP contribution in [0.15, 0.2) is 71.6 Å². The molecule has 3 rings (SSSR count). The van der Waals surface area contributed by atoms with Crippen LogP contribution in [0.2, 0.25) is 10.0 Å². The Morgan fingerprint density at radius 1 is 0.857 bits per heavy atom. The van der Waals surface area contributed by atoms with Gasteiger partial charge in [0.15, 0.2) is 0 Å². The number of amides is 1. The van der Waals surface area contributed by atoms with Crippen molar-refractivity contribution in [1.29, 1.82) is 0 Å². The number of hydrogen-bond donors (Lipinski definition) is 2. The molecular weight excluding hydrogens is 419 g/mol. The zero-order valence-corrected chi connectivity index (χ0v) is 17.1. The molecule has 0 heterocycles. The van der Waals surface area contributed by atoms with E-state index in [0.29, 0.717) is 16.4 Å². The Morgan fingerprint density at radius 3 is 2.25 bits per heavy atom. The van der Waals surface area contributed by atoms with Crippen LogP contribution in [0.1, 0.15) is 15.9 Å². The Morgan fingerprint density at radius 2 is 1.57 bits per heavy atom. The molecule has 2 N–H and O–H groups in total. The van der Waals surface area contributed by atoms with Crippen LogP contribution in [0.5, 0.6) is 0 Å². The first-order valence-corrected chi connectivity index (χ1v) is 10.4. The highest BCUT2D eigenvalue weighted by molar-refractivity contribution is 7.92. The summed E-state index contributed by atoms with van der Waals surface area (Å²) in [7, 11) is -3.94. The van der Waals surface area contributed by atoms with Crippen molar-refractivity contribution in [3.63, 3.8) is 0 Å². The van der Waals surface area contributed by atoms with Crippen LogP contribution < -0.4 is 10.0 Å². The van der Waals surface area contributed by atoms with Crippen LogP contribution in [0.4, 0.5) is 11.4 Å². The van der Waals surface area contributed by atoms with Crippen molar-refractivity contribution in [3.8, 4) is 0 Å². The van der Waals surface area contributed by atoms with E-state index in [9.17, 15) is 13.2 Å². The molecule has 0 unspecified atom stereocenters. The minimum absolute atomic E-state index is 0.0512. The van der Waals surface area contributed by atoms with Crippen molar-refractivity contribution >= 4 is 50.5 Å². The number of anilines is 2. The van der Waals surface area contributed by atoms with Crippen molar-refractivity contribution in [3.05, 3.63) is 87.9 Å². The number of aryl methyl sites for hydroxylation is 1. The first-order valence-electron chi connectivity index (χ1n) is 8.21. The first kappa shape index (κ1) is 20.2. The molecule has 0 saturated carbocycles. The smallest absolute Gasteiger partial charge is 0.261 e. The summed E-state index contributed by atoms with van der Waals surface area (Å²) in [4.78, 5) is 12.4. The van der Waals surface area contributed by atoms with E-state index in [1.807, 2.05) is 13.0 Å². The minimum atomic E-state index is -3.94. The van der Waals surface area contributed by atoms with Crippen LogP contribution in [0, 0.1) is 6.92 Å². The average molecular weight is 435 g/mol. The summed E-state index contributed by atoms with van der Waals surface area (Å²) in [6.45, 7) is 1.82. The Labute approximate surface area is 173 Å². The number of halogens is 2. The summed E-state index contributed by atoms with van der Waals surface area (Å²) < 4.78 is 27.9. The maximum Gasteiger partial charge on any atom is 0.261 e. The summed E-state index contributed by atoms with van der Waals surface area (Å²) in [6, 6.07) is 17.6. The second-order valence-corrected chi connectivity index (χ2v) is 8.53. The molecule has 5 nitrogen and oxygen atoms in total. The average Bonchev–Trinajstić information content (AvgIpc) is 2.65. The number of carbonyl (C=O) groups excluding carboxylic acids is 1. The lowest BCUT2D eigenvalue weighted by molar-refractivity contribution is 0.102. The molecule has 1 amide bonds. The van der Waals surface area contributed by atoms with Crippen molar-refractivity contribution in [2.75, 3.05) is 10.0 Å². The van der Waals surface area contributed by atoms with Crippen molar-refractivity contribution in [1.82, 2.24) is 0 Å². The lowest BCUT2D eigenvalue weighted by Gasteiger charge is -2.12. The van der Waals surface area contributed by atoms with Gasteiger partial charge in [-0.15, -0.1) is 0 Å². The largest absolute Gasteiger partial charge is 0.322 e. The van der Waals surface area contributed by atoms with Gasteiger partial charge in [0.05, 0.1) is 21.2 Å². The standard InChI is InChI=1S/C20H16Cl2N2O3S/c1-13-7-8-15(11-19(13)22)24-28(26,27)16-9-10-18(21)17(12-16)20(25)23-14-5-3-2-4-6-14/h2-12,24H,1H3,(H,23,25). The number of rotatable bonds is 5. The van der Waals surface area contributed by atoms with Crippen LogP contribution in [-0.4, -0.2) is 14.3 Å². The quantitative estimate of drug-likeness (QED) is 0.567. The highest BCUT2D eigenvalue weighted by atomic mass is 35.5. The second kappa shape index (κ2) is 8.22. The van der Waals surface area contributed by atoms with E-state index in [1.54, 1.807) is 36.4 Å². The third-order valence-electron chi connectivity index (χ3n) is 3.95. The van der Waals surface area contributed by atoms with Gasteiger partial charge in [0.2, 0.25) is 0 Å². The molecule has 0 atom stereocenters. The van der Waals surface area contributed by atoms with Crippen LogP contribution in [0.25, 0.3) is 0 Å². The predicted molar refractivity (Wildman–Crippen MR) is 113 cm³/mol. The number of sulfonamides is 1. The SMILES string of the molecule is Cc1ccc(NS(=O)(=O)c2ccc(Cl)c(C(=O)Nc3ccccc3)c2)cc1Cl. The van der Waals surface area contributed by atoms with E-state index in [1.165, 1.54) is 24.3 Å². The normalized spacial score (nSPS) is 11.1. The highest BCUT2D eigenvalue weighted by Crippen LogP contribution is 2.25. The number of hydrogen-bond acceptors (Lipinski definition) is 3. The Kier molecular flexibility index (Phi) is 5.93. The molecule has 144 valence electrons. The van der Waals surface area contributed by atoms with Gasteiger partial charge >= 0.3 is 0 Å². The van der Waals surface area contributed by atoms with E-state index in [0.717, 1.165) is 5.56 Å². The van der Waals surface area contributed by atoms with E-state index < -0.39 is 15.9 Å². The maximum atomic E-state index is 12.7. The fourth-order valence-electron chi connectivity index (χ4n) is 2.44. The second-order valence-electron chi connectivity index (χ2n) is 6.03. The zero-order valence-electron chi connectivity index (χ0n) is 14.7. The summed E-state index contributed by atoms with van der Waals surface area (Å²) in [5.74, 6) is -0.508. The zero-order chi connectivity index (χ0) is 20.3. The molecule has 0 radical (unpaired) electrons. The molecule has 3 aromatic carbocycles. The van der Waals surface area contributed by atoms with E-state index in [-0.39, 0.29) is 15.5 Å². The van der Waals surface area contributed by atoms with Gasteiger partial charge in [-0.2, -0.15) is 0 Å². The van der Waals surface area contributed by atoms with Crippen LogP contribution >= 0.6 is 23.2 Å². The lowest BCUT2D eigenvalue weighted by atomic mass is 10.2. The van der Waals surface area contributed by atoms with Gasteiger partial charge in [-0.1, -0.05) is 47.5 Å². The third-order valence-corrected chi connectivity index (χ3v) is 6.06. The fourth-order valence-corrected chi connectivity index (χ4v) is 3.90.